The number of aromatic nitrogens is 2. The molecule has 5 nitrogen and oxygen atoms in total. The van der Waals surface area contributed by atoms with E-state index in [1.54, 1.807) is 6.21 Å². The minimum absolute atomic E-state index is 0.275. The topological polar surface area (TPSA) is 70.1 Å². The number of aromatic amines is 1. The minimum Gasteiger partial charge on any atom is -0.361 e. The molecule has 5 heteroatoms. The summed E-state index contributed by atoms with van der Waals surface area (Å²) in [6.07, 6.45) is 3.53. The van der Waals surface area contributed by atoms with Crippen LogP contribution in [0.2, 0.25) is 0 Å². The monoisotopic (exact) mass is 404 g/mol. The Labute approximate surface area is 179 Å². The van der Waals surface area contributed by atoms with Gasteiger partial charge in [0.25, 0.3) is 5.91 Å². The smallest absolute Gasteiger partial charge is 0.272 e. The quantitative estimate of drug-likeness (QED) is 0.309. The van der Waals surface area contributed by atoms with Gasteiger partial charge in [-0.05, 0) is 25.1 Å². The first-order chi connectivity index (χ1) is 15.2. The fraction of sp³-hybridized carbons (Fsp3) is 0.0385. The average molecular weight is 404 g/mol. The Balaban J connectivity index is 1.48. The zero-order valence-corrected chi connectivity index (χ0v) is 17.0. The molecule has 0 bridgehead atoms. The molecular weight excluding hydrogens is 384 g/mol. The van der Waals surface area contributed by atoms with Gasteiger partial charge in [0.1, 0.15) is 0 Å². The Kier molecular flexibility index (Phi) is 4.77. The number of fused-ring (bicyclic) bond motifs is 2. The molecule has 31 heavy (non-hydrogen) atoms. The zero-order valence-electron chi connectivity index (χ0n) is 17.0. The molecule has 2 heterocycles. The maximum atomic E-state index is 13.0. The molecular formula is C26H20N4O. The summed E-state index contributed by atoms with van der Waals surface area (Å²) < 4.78 is 0. The molecule has 0 fully saturated rings. The molecule has 1 amide bonds. The van der Waals surface area contributed by atoms with Crippen LogP contribution in [0.25, 0.3) is 33.1 Å². The number of hydrogen-bond acceptors (Lipinski definition) is 3. The highest BCUT2D eigenvalue weighted by atomic mass is 16.2. The van der Waals surface area contributed by atoms with Crippen LogP contribution in [0.5, 0.6) is 0 Å². The molecule has 0 aliphatic carbocycles. The van der Waals surface area contributed by atoms with E-state index in [0.29, 0.717) is 5.56 Å². The van der Waals surface area contributed by atoms with E-state index in [2.05, 4.69) is 15.5 Å². The highest BCUT2D eigenvalue weighted by Gasteiger charge is 2.13. The maximum absolute atomic E-state index is 13.0. The van der Waals surface area contributed by atoms with E-state index in [0.717, 1.165) is 38.6 Å². The molecule has 0 aliphatic heterocycles. The molecule has 150 valence electrons. The molecule has 0 saturated heterocycles. The van der Waals surface area contributed by atoms with Crippen molar-refractivity contribution < 1.29 is 4.79 Å². The second-order valence-electron chi connectivity index (χ2n) is 7.43. The van der Waals surface area contributed by atoms with Gasteiger partial charge in [-0.25, -0.2) is 10.4 Å². The minimum atomic E-state index is -0.275. The molecule has 0 saturated carbocycles. The number of pyridine rings is 1. The summed E-state index contributed by atoms with van der Waals surface area (Å²) in [7, 11) is 0. The molecule has 2 aromatic heterocycles. The summed E-state index contributed by atoms with van der Waals surface area (Å²) in [5, 5.41) is 6.04. The van der Waals surface area contributed by atoms with E-state index in [1.807, 2.05) is 92.0 Å². The summed E-state index contributed by atoms with van der Waals surface area (Å²) in [6, 6.07) is 25.5. The number of nitrogens with one attached hydrogen (secondary N) is 2. The highest BCUT2D eigenvalue weighted by Crippen LogP contribution is 2.25. The predicted octanol–water partition coefficient (Wildman–Crippen LogP) is 5.46. The molecule has 5 aromatic rings. The van der Waals surface area contributed by atoms with Crippen molar-refractivity contribution in [3.05, 3.63) is 102 Å². The number of carbonyl (C=O) groups is 1. The van der Waals surface area contributed by atoms with Gasteiger partial charge in [-0.3, -0.25) is 4.79 Å². The molecule has 3 aromatic carbocycles. The number of aryl methyl sites for hydroxylation is 1. The van der Waals surface area contributed by atoms with Gasteiger partial charge in [-0.2, -0.15) is 5.10 Å². The Morgan fingerprint density at radius 3 is 2.55 bits per heavy atom. The summed E-state index contributed by atoms with van der Waals surface area (Å²) in [5.74, 6) is -0.275. The van der Waals surface area contributed by atoms with Crippen LogP contribution in [0.15, 0.2) is 90.2 Å². The number of hydrogen-bond donors (Lipinski definition) is 2. The molecule has 0 atom stereocenters. The lowest BCUT2D eigenvalue weighted by Crippen LogP contribution is -2.18. The Morgan fingerprint density at radius 2 is 1.71 bits per heavy atom. The molecule has 0 radical (unpaired) electrons. The normalized spacial score (nSPS) is 11.4. The van der Waals surface area contributed by atoms with Gasteiger partial charge in [0.05, 0.1) is 23.0 Å². The Hall–Kier alpha value is -4.25. The molecule has 2 N–H and O–H groups in total. The molecule has 0 unspecified atom stereocenters. The summed E-state index contributed by atoms with van der Waals surface area (Å²) in [6.45, 7) is 2.04. The fourth-order valence-corrected chi connectivity index (χ4v) is 3.66. The van der Waals surface area contributed by atoms with Crippen LogP contribution >= 0.6 is 0 Å². The molecule has 0 spiro atoms. The van der Waals surface area contributed by atoms with Crippen molar-refractivity contribution in [1.82, 2.24) is 15.4 Å². The number of rotatable bonds is 4. The average Bonchev–Trinajstić information content (AvgIpc) is 3.22. The lowest BCUT2D eigenvalue weighted by molar-refractivity contribution is 0.0956. The van der Waals surface area contributed by atoms with E-state index in [1.165, 1.54) is 5.56 Å². The zero-order chi connectivity index (χ0) is 21.2. The second kappa shape index (κ2) is 7.88. The predicted molar refractivity (Wildman–Crippen MR) is 125 cm³/mol. The van der Waals surface area contributed by atoms with Crippen molar-refractivity contribution >= 4 is 33.9 Å². The van der Waals surface area contributed by atoms with Crippen molar-refractivity contribution in [3.63, 3.8) is 0 Å². The van der Waals surface area contributed by atoms with Gasteiger partial charge in [0.15, 0.2) is 0 Å². The maximum Gasteiger partial charge on any atom is 0.272 e. The van der Waals surface area contributed by atoms with Gasteiger partial charge in [0.2, 0.25) is 0 Å². The second-order valence-corrected chi connectivity index (χ2v) is 7.43. The van der Waals surface area contributed by atoms with Crippen LogP contribution < -0.4 is 5.43 Å². The van der Waals surface area contributed by atoms with Crippen LogP contribution in [0.4, 0.5) is 0 Å². The number of H-pyrrole nitrogens is 1. The van der Waals surface area contributed by atoms with Crippen molar-refractivity contribution in [2.45, 2.75) is 6.92 Å². The van der Waals surface area contributed by atoms with Crippen LogP contribution in [-0.4, -0.2) is 22.1 Å². The van der Waals surface area contributed by atoms with E-state index >= 15 is 0 Å². The van der Waals surface area contributed by atoms with E-state index in [4.69, 9.17) is 4.98 Å². The van der Waals surface area contributed by atoms with E-state index < -0.39 is 0 Å². The van der Waals surface area contributed by atoms with Crippen LogP contribution in [0.3, 0.4) is 0 Å². The fourth-order valence-electron chi connectivity index (χ4n) is 3.66. The third-order valence-corrected chi connectivity index (χ3v) is 5.30. The third kappa shape index (κ3) is 3.69. The van der Waals surface area contributed by atoms with Gasteiger partial charge < -0.3 is 4.98 Å². The first kappa shape index (κ1) is 18.8. The summed E-state index contributed by atoms with van der Waals surface area (Å²) >= 11 is 0. The standard InChI is InChI=1S/C26H20N4O/c1-17-10-12-18(13-11-17)25-14-22(21-7-3-5-9-24(21)29-25)26(31)30-28-16-19-15-27-23-8-4-2-6-20(19)23/h2-16,27H,1H3,(H,30,31)/b28-16+. The first-order valence-electron chi connectivity index (χ1n) is 10.1. The van der Waals surface area contributed by atoms with Crippen molar-refractivity contribution in [1.29, 1.82) is 0 Å². The Bertz CT molecular complexity index is 1430. The lowest BCUT2D eigenvalue weighted by atomic mass is 10.0. The number of hydrazone groups is 1. The van der Waals surface area contributed by atoms with Gasteiger partial charge in [0, 0.05) is 33.6 Å². The van der Waals surface area contributed by atoms with E-state index in [9.17, 15) is 4.79 Å². The largest absolute Gasteiger partial charge is 0.361 e. The van der Waals surface area contributed by atoms with Crippen molar-refractivity contribution in [2.24, 2.45) is 5.10 Å². The van der Waals surface area contributed by atoms with Crippen molar-refractivity contribution in [3.8, 4) is 11.3 Å². The summed E-state index contributed by atoms with van der Waals surface area (Å²) in [5.41, 5.74) is 8.81. The van der Waals surface area contributed by atoms with Crippen LogP contribution in [0.1, 0.15) is 21.5 Å². The lowest BCUT2D eigenvalue weighted by Gasteiger charge is -2.09. The van der Waals surface area contributed by atoms with E-state index in [-0.39, 0.29) is 5.91 Å². The van der Waals surface area contributed by atoms with Gasteiger partial charge in [-0.1, -0.05) is 66.2 Å². The highest BCUT2D eigenvalue weighted by molar-refractivity contribution is 6.07. The number of amides is 1. The number of nitrogens with zero attached hydrogens (tertiary/aromatic N) is 2. The summed E-state index contributed by atoms with van der Waals surface area (Å²) in [4.78, 5) is 21.0. The molecule has 5 rings (SSSR count). The van der Waals surface area contributed by atoms with Crippen LogP contribution in [-0.2, 0) is 0 Å². The third-order valence-electron chi connectivity index (χ3n) is 5.30. The first-order valence-corrected chi connectivity index (χ1v) is 10.1. The van der Waals surface area contributed by atoms with Gasteiger partial charge in [-0.15, -0.1) is 0 Å². The molecule has 0 aliphatic rings. The number of benzene rings is 3. The van der Waals surface area contributed by atoms with Crippen LogP contribution in [0, 0.1) is 6.92 Å². The number of para-hydroxylation sites is 2. The van der Waals surface area contributed by atoms with Gasteiger partial charge >= 0.3 is 0 Å². The number of carbonyl (C=O) groups excluding carboxylic acids is 1. The SMILES string of the molecule is Cc1ccc(-c2cc(C(=O)N/N=C/c3c[nH]c4ccccc34)c3ccccc3n2)cc1. The Morgan fingerprint density at radius 1 is 0.968 bits per heavy atom. The van der Waals surface area contributed by atoms with Crippen molar-refractivity contribution in [2.75, 3.05) is 0 Å².